The van der Waals surface area contributed by atoms with Gasteiger partial charge in [-0.05, 0) is 6.42 Å². The lowest BCUT2D eigenvalue weighted by Crippen LogP contribution is -2.26. The number of hydrogen-bond acceptors (Lipinski definition) is 5. The Balaban J connectivity index is 3.03. The molecule has 0 aliphatic heterocycles. The number of aliphatic hydroxyl groups is 1. The molecule has 106 valence electrons. The van der Waals surface area contributed by atoms with Crippen molar-refractivity contribution in [2.75, 3.05) is 25.6 Å². The van der Waals surface area contributed by atoms with Gasteiger partial charge < -0.3 is 15.2 Å². The Morgan fingerprint density at radius 3 is 2.84 bits per heavy atom. The standard InChI is InChI=1S/C11H14ClFN2O4/c1-19-6-7(2-3-16)14-10-5-9(13)8(12)4-11(10)15(17)18/h4-5,7,14,16H,2-3,6H2,1H3. The summed E-state index contributed by atoms with van der Waals surface area (Å²) in [5, 5.41) is 22.2. The maximum Gasteiger partial charge on any atom is 0.294 e. The van der Waals surface area contributed by atoms with Gasteiger partial charge in [-0.1, -0.05) is 11.6 Å². The first-order valence-corrected chi connectivity index (χ1v) is 5.87. The van der Waals surface area contributed by atoms with Crippen molar-refractivity contribution in [2.24, 2.45) is 0 Å². The van der Waals surface area contributed by atoms with Gasteiger partial charge >= 0.3 is 0 Å². The van der Waals surface area contributed by atoms with E-state index in [2.05, 4.69) is 5.32 Å². The van der Waals surface area contributed by atoms with Crippen LogP contribution in [-0.4, -0.2) is 36.4 Å². The third-order valence-electron chi connectivity index (χ3n) is 2.44. The number of nitrogens with one attached hydrogen (secondary N) is 1. The highest BCUT2D eigenvalue weighted by Gasteiger charge is 2.20. The second-order valence-electron chi connectivity index (χ2n) is 3.85. The normalized spacial score (nSPS) is 12.2. The molecule has 1 rings (SSSR count). The van der Waals surface area contributed by atoms with Gasteiger partial charge in [-0.2, -0.15) is 0 Å². The number of nitro groups is 1. The Morgan fingerprint density at radius 1 is 1.63 bits per heavy atom. The molecule has 19 heavy (non-hydrogen) atoms. The zero-order valence-corrected chi connectivity index (χ0v) is 11.0. The van der Waals surface area contributed by atoms with Gasteiger partial charge in [0.25, 0.3) is 5.69 Å². The monoisotopic (exact) mass is 292 g/mol. The summed E-state index contributed by atoms with van der Waals surface area (Å²) in [5.41, 5.74) is -0.326. The Morgan fingerprint density at radius 2 is 2.32 bits per heavy atom. The molecule has 6 nitrogen and oxygen atoms in total. The smallest absolute Gasteiger partial charge is 0.294 e. The molecule has 0 aromatic heterocycles. The number of nitro benzene ring substituents is 1. The zero-order chi connectivity index (χ0) is 14.4. The molecule has 1 unspecified atom stereocenters. The van der Waals surface area contributed by atoms with Gasteiger partial charge in [-0.25, -0.2) is 4.39 Å². The van der Waals surface area contributed by atoms with Crippen LogP contribution < -0.4 is 5.32 Å². The summed E-state index contributed by atoms with van der Waals surface area (Å²) in [6.07, 6.45) is 0.315. The minimum Gasteiger partial charge on any atom is -0.396 e. The van der Waals surface area contributed by atoms with Crippen LogP contribution in [0.1, 0.15) is 6.42 Å². The van der Waals surface area contributed by atoms with Gasteiger partial charge in [0.05, 0.1) is 22.6 Å². The summed E-state index contributed by atoms with van der Waals surface area (Å²) in [7, 11) is 1.46. The minimum absolute atomic E-state index is 0.00222. The Hall–Kier alpha value is -1.44. The summed E-state index contributed by atoms with van der Waals surface area (Å²) in [6.45, 7) is 0.104. The number of methoxy groups -OCH3 is 1. The molecule has 0 aliphatic rings. The van der Waals surface area contributed by atoms with E-state index < -0.39 is 10.7 Å². The van der Waals surface area contributed by atoms with E-state index in [0.717, 1.165) is 12.1 Å². The number of benzene rings is 1. The van der Waals surface area contributed by atoms with Crippen molar-refractivity contribution in [3.8, 4) is 0 Å². The van der Waals surface area contributed by atoms with E-state index in [4.69, 9.17) is 21.4 Å². The number of anilines is 1. The van der Waals surface area contributed by atoms with E-state index in [1.54, 1.807) is 0 Å². The molecule has 1 aromatic carbocycles. The molecule has 0 bridgehead atoms. The minimum atomic E-state index is -0.755. The number of hydrogen-bond donors (Lipinski definition) is 2. The van der Waals surface area contributed by atoms with Gasteiger partial charge in [-0.3, -0.25) is 10.1 Å². The molecule has 0 saturated carbocycles. The molecule has 0 heterocycles. The summed E-state index contributed by atoms with van der Waals surface area (Å²) >= 11 is 5.52. The quantitative estimate of drug-likeness (QED) is 0.594. The van der Waals surface area contributed by atoms with Crippen molar-refractivity contribution in [1.82, 2.24) is 0 Å². The fourth-order valence-corrected chi connectivity index (χ4v) is 1.74. The predicted octanol–water partition coefficient (Wildman–Crippen LogP) is 2.20. The second kappa shape index (κ2) is 7.22. The van der Waals surface area contributed by atoms with Crippen molar-refractivity contribution in [3.63, 3.8) is 0 Å². The lowest BCUT2D eigenvalue weighted by atomic mass is 10.2. The summed E-state index contributed by atoms with van der Waals surface area (Å²) in [4.78, 5) is 10.2. The fourth-order valence-electron chi connectivity index (χ4n) is 1.58. The Bertz CT molecular complexity index is 453. The lowest BCUT2D eigenvalue weighted by Gasteiger charge is -2.18. The number of rotatable bonds is 7. The molecular weight excluding hydrogens is 279 g/mol. The van der Waals surface area contributed by atoms with E-state index in [-0.39, 0.29) is 35.7 Å². The van der Waals surface area contributed by atoms with E-state index in [9.17, 15) is 14.5 Å². The molecule has 0 radical (unpaired) electrons. The Labute approximate surface area is 114 Å². The SMILES string of the molecule is COCC(CCO)Nc1cc(F)c(Cl)cc1[N+](=O)[O-]. The van der Waals surface area contributed by atoms with Crippen LogP contribution in [-0.2, 0) is 4.74 Å². The zero-order valence-electron chi connectivity index (χ0n) is 10.2. The number of aliphatic hydroxyl groups excluding tert-OH is 1. The van der Waals surface area contributed by atoms with Crippen LogP contribution in [0, 0.1) is 15.9 Å². The third-order valence-corrected chi connectivity index (χ3v) is 2.73. The number of ether oxygens (including phenoxy) is 1. The van der Waals surface area contributed by atoms with Crippen molar-refractivity contribution in [3.05, 3.63) is 33.1 Å². The van der Waals surface area contributed by atoms with Crippen molar-refractivity contribution < 1.29 is 19.2 Å². The highest BCUT2D eigenvalue weighted by molar-refractivity contribution is 6.31. The van der Waals surface area contributed by atoms with Gasteiger partial charge in [0.1, 0.15) is 11.5 Å². The van der Waals surface area contributed by atoms with E-state index in [1.165, 1.54) is 7.11 Å². The lowest BCUT2D eigenvalue weighted by molar-refractivity contribution is -0.384. The molecule has 0 spiro atoms. The first kappa shape index (κ1) is 15.6. The largest absolute Gasteiger partial charge is 0.396 e. The fraction of sp³-hybridized carbons (Fsp3) is 0.455. The van der Waals surface area contributed by atoms with Crippen molar-refractivity contribution in [2.45, 2.75) is 12.5 Å². The van der Waals surface area contributed by atoms with E-state index in [1.807, 2.05) is 0 Å². The summed E-state index contributed by atoms with van der Waals surface area (Å²) in [6, 6.07) is 1.54. The van der Waals surface area contributed by atoms with Crippen LogP contribution in [0.2, 0.25) is 5.02 Å². The molecule has 8 heteroatoms. The first-order valence-electron chi connectivity index (χ1n) is 5.49. The highest BCUT2D eigenvalue weighted by Crippen LogP contribution is 2.31. The highest BCUT2D eigenvalue weighted by atomic mass is 35.5. The van der Waals surface area contributed by atoms with Crippen LogP contribution in [0.25, 0.3) is 0 Å². The summed E-state index contributed by atoms with van der Waals surface area (Å²) < 4.78 is 18.3. The molecule has 0 aliphatic carbocycles. The average Bonchev–Trinajstić information content (AvgIpc) is 2.33. The van der Waals surface area contributed by atoms with Gasteiger partial charge in [0.15, 0.2) is 0 Å². The first-order chi connectivity index (χ1) is 8.99. The second-order valence-corrected chi connectivity index (χ2v) is 4.26. The molecular formula is C11H14ClFN2O4. The van der Waals surface area contributed by atoms with Gasteiger partial charge in [0, 0.05) is 25.8 Å². The number of nitrogens with zero attached hydrogens (tertiary/aromatic N) is 1. The Kier molecular flexibility index (Phi) is 5.94. The number of halogens is 2. The average molecular weight is 293 g/mol. The maximum atomic E-state index is 13.4. The van der Waals surface area contributed by atoms with E-state index >= 15 is 0 Å². The van der Waals surface area contributed by atoms with Gasteiger partial charge in [0.2, 0.25) is 0 Å². The molecule has 2 N–H and O–H groups in total. The van der Waals surface area contributed by atoms with Crippen LogP contribution in [0.15, 0.2) is 12.1 Å². The molecule has 1 aromatic rings. The molecule has 0 fully saturated rings. The summed E-state index contributed by atoms with van der Waals surface area (Å²) in [5.74, 6) is -0.755. The van der Waals surface area contributed by atoms with Crippen LogP contribution in [0.5, 0.6) is 0 Å². The van der Waals surface area contributed by atoms with E-state index in [0.29, 0.717) is 6.42 Å². The molecule has 0 saturated heterocycles. The topological polar surface area (TPSA) is 84.6 Å². The van der Waals surface area contributed by atoms with Crippen molar-refractivity contribution >= 4 is 23.0 Å². The molecule has 0 amide bonds. The molecule has 1 atom stereocenters. The van der Waals surface area contributed by atoms with Gasteiger partial charge in [-0.15, -0.1) is 0 Å². The third kappa shape index (κ3) is 4.30. The van der Waals surface area contributed by atoms with Crippen molar-refractivity contribution in [1.29, 1.82) is 0 Å². The van der Waals surface area contributed by atoms with Crippen LogP contribution in [0.4, 0.5) is 15.8 Å². The predicted molar refractivity (Wildman–Crippen MR) is 69.1 cm³/mol. The van der Waals surface area contributed by atoms with Crippen LogP contribution >= 0.6 is 11.6 Å². The van der Waals surface area contributed by atoms with Crippen LogP contribution in [0.3, 0.4) is 0 Å². The maximum absolute atomic E-state index is 13.4.